The lowest BCUT2D eigenvalue weighted by Gasteiger charge is -2.12. The van der Waals surface area contributed by atoms with Crippen molar-refractivity contribution < 1.29 is 27.4 Å². The van der Waals surface area contributed by atoms with Gasteiger partial charge in [-0.05, 0) is 36.4 Å². The molecule has 2 aromatic carbocycles. The molecule has 0 aliphatic carbocycles. The fourth-order valence-electron chi connectivity index (χ4n) is 2.62. The van der Waals surface area contributed by atoms with E-state index in [1.807, 2.05) is 0 Å². The van der Waals surface area contributed by atoms with E-state index in [4.69, 9.17) is 16.3 Å². The summed E-state index contributed by atoms with van der Waals surface area (Å²) in [5, 5.41) is 9.94. The van der Waals surface area contributed by atoms with Crippen LogP contribution in [0.4, 0.5) is 13.2 Å². The third-order valence-electron chi connectivity index (χ3n) is 3.87. The highest BCUT2D eigenvalue weighted by Crippen LogP contribution is 2.31. The second-order valence-electron chi connectivity index (χ2n) is 5.84. The fourth-order valence-corrected chi connectivity index (χ4v) is 2.79. The maximum Gasteiger partial charge on any atom is 0.573 e. The Morgan fingerprint density at radius 2 is 1.93 bits per heavy atom. The maximum atomic E-state index is 12.5. The van der Waals surface area contributed by atoms with Crippen molar-refractivity contribution >= 4 is 17.5 Å². The summed E-state index contributed by atoms with van der Waals surface area (Å²) in [4.78, 5) is 12.3. The molecule has 0 spiro atoms. The molecule has 0 aliphatic rings. The van der Waals surface area contributed by atoms with Crippen molar-refractivity contribution in [3.05, 3.63) is 64.8 Å². The van der Waals surface area contributed by atoms with Gasteiger partial charge >= 0.3 is 6.36 Å². The van der Waals surface area contributed by atoms with Gasteiger partial charge in [-0.2, -0.15) is 5.10 Å². The minimum absolute atomic E-state index is 0.0153. The van der Waals surface area contributed by atoms with Crippen LogP contribution in [0.2, 0.25) is 5.02 Å². The van der Waals surface area contributed by atoms with Gasteiger partial charge in [0.25, 0.3) is 5.91 Å². The van der Waals surface area contributed by atoms with Crippen molar-refractivity contribution in [3.63, 3.8) is 0 Å². The highest BCUT2D eigenvalue weighted by Gasteiger charge is 2.32. The van der Waals surface area contributed by atoms with Crippen LogP contribution >= 0.6 is 11.6 Å². The third kappa shape index (κ3) is 5.20. The number of nitrogens with one attached hydrogen (secondary N) is 2. The summed E-state index contributed by atoms with van der Waals surface area (Å²) in [5.41, 5.74) is 1.50. The van der Waals surface area contributed by atoms with Gasteiger partial charge in [0, 0.05) is 10.6 Å². The maximum absolute atomic E-state index is 12.5. The topological polar surface area (TPSA) is 76.2 Å². The molecule has 0 atom stereocenters. The molecule has 0 saturated heterocycles. The van der Waals surface area contributed by atoms with E-state index in [0.717, 1.165) is 6.07 Å². The first-order chi connectivity index (χ1) is 13.8. The molecule has 0 radical (unpaired) electrons. The van der Waals surface area contributed by atoms with E-state index in [-0.39, 0.29) is 12.1 Å². The average Bonchev–Trinajstić information content (AvgIpc) is 3.14. The number of hydrogen-bond donors (Lipinski definition) is 2. The zero-order chi connectivity index (χ0) is 21.0. The summed E-state index contributed by atoms with van der Waals surface area (Å²) in [6, 6.07) is 11.9. The lowest BCUT2D eigenvalue weighted by Crippen LogP contribution is -2.25. The number of alkyl halides is 3. The summed E-state index contributed by atoms with van der Waals surface area (Å²) < 4.78 is 46.7. The molecule has 29 heavy (non-hydrogen) atoms. The summed E-state index contributed by atoms with van der Waals surface area (Å²) >= 11 is 6.02. The van der Waals surface area contributed by atoms with Crippen molar-refractivity contribution in [2.24, 2.45) is 0 Å². The van der Waals surface area contributed by atoms with Crippen molar-refractivity contribution in [2.45, 2.75) is 12.9 Å². The second-order valence-corrected chi connectivity index (χ2v) is 6.28. The number of methoxy groups -OCH3 is 1. The number of halogens is 4. The summed E-state index contributed by atoms with van der Waals surface area (Å²) in [6.45, 7) is -0.0153. The highest BCUT2D eigenvalue weighted by molar-refractivity contribution is 6.30. The summed E-state index contributed by atoms with van der Waals surface area (Å²) in [6.07, 6.45) is -4.90. The van der Waals surface area contributed by atoms with Crippen molar-refractivity contribution in [1.29, 1.82) is 0 Å². The lowest BCUT2D eigenvalue weighted by atomic mass is 10.1. The Balaban J connectivity index is 1.73. The number of nitrogens with zero attached hydrogens (tertiary/aromatic N) is 1. The molecule has 1 amide bonds. The Morgan fingerprint density at radius 1 is 1.17 bits per heavy atom. The number of para-hydroxylation sites is 1. The third-order valence-corrected chi connectivity index (χ3v) is 4.11. The van der Waals surface area contributed by atoms with Gasteiger partial charge in [0.2, 0.25) is 0 Å². The van der Waals surface area contributed by atoms with E-state index in [9.17, 15) is 18.0 Å². The zero-order valence-electron chi connectivity index (χ0n) is 15.0. The minimum Gasteiger partial charge on any atom is -0.496 e. The van der Waals surface area contributed by atoms with Crippen LogP contribution in [0.15, 0.2) is 48.5 Å². The van der Waals surface area contributed by atoms with Crippen molar-refractivity contribution in [1.82, 2.24) is 15.5 Å². The van der Waals surface area contributed by atoms with Gasteiger partial charge in [-0.25, -0.2) is 0 Å². The molecule has 0 saturated carbocycles. The molecule has 0 aliphatic heterocycles. The van der Waals surface area contributed by atoms with Gasteiger partial charge in [-0.15, -0.1) is 13.2 Å². The number of rotatable bonds is 6. The number of amides is 1. The van der Waals surface area contributed by atoms with Crippen LogP contribution in [0.5, 0.6) is 11.5 Å². The number of carbonyl (C=O) groups is 1. The quantitative estimate of drug-likeness (QED) is 0.606. The first-order valence-corrected chi connectivity index (χ1v) is 8.66. The van der Waals surface area contributed by atoms with E-state index < -0.39 is 18.0 Å². The Bertz CT molecular complexity index is 1020. The molecule has 6 nitrogen and oxygen atoms in total. The van der Waals surface area contributed by atoms with Crippen LogP contribution in [0.1, 0.15) is 16.1 Å². The van der Waals surface area contributed by atoms with E-state index in [2.05, 4.69) is 20.3 Å². The van der Waals surface area contributed by atoms with Gasteiger partial charge in [-0.3, -0.25) is 9.89 Å². The average molecular weight is 426 g/mol. The predicted octanol–water partition coefficient (Wildman–Crippen LogP) is 4.57. The second kappa shape index (κ2) is 8.44. The van der Waals surface area contributed by atoms with E-state index in [0.29, 0.717) is 27.7 Å². The normalized spacial score (nSPS) is 11.2. The molecule has 152 valence electrons. The molecular formula is C19H15ClF3N3O3. The van der Waals surface area contributed by atoms with Gasteiger partial charge in [0.05, 0.1) is 30.6 Å². The Hall–Kier alpha value is -3.20. The first-order valence-electron chi connectivity index (χ1n) is 8.28. The molecule has 3 rings (SSSR count). The minimum atomic E-state index is -4.90. The molecule has 2 N–H and O–H groups in total. The predicted molar refractivity (Wildman–Crippen MR) is 99.9 cm³/mol. The molecule has 10 heteroatoms. The standard InChI is InChI=1S/C19H15ClF3N3O3/c1-28-16-7-6-11(20)8-14(16)15-9-12(25-26-15)10-24-18(27)13-4-2-3-5-17(13)29-19(21,22)23/h2-9H,10H2,1H3,(H,24,27)(H,25,26). The van der Waals surface area contributed by atoms with Gasteiger partial charge in [0.15, 0.2) is 0 Å². The first kappa shape index (κ1) is 20.5. The van der Waals surface area contributed by atoms with Crippen LogP contribution < -0.4 is 14.8 Å². The molecule has 1 aromatic heterocycles. The van der Waals surface area contributed by atoms with Gasteiger partial charge in [0.1, 0.15) is 11.5 Å². The van der Waals surface area contributed by atoms with Crippen molar-refractivity contribution in [3.8, 4) is 22.8 Å². The number of H-pyrrole nitrogens is 1. The molecule has 0 bridgehead atoms. The Labute approximate surface area is 168 Å². The largest absolute Gasteiger partial charge is 0.573 e. The summed E-state index contributed by atoms with van der Waals surface area (Å²) in [7, 11) is 1.52. The van der Waals surface area contributed by atoms with Crippen LogP contribution in [0.3, 0.4) is 0 Å². The Kier molecular flexibility index (Phi) is 5.97. The lowest BCUT2D eigenvalue weighted by molar-refractivity contribution is -0.274. The van der Waals surface area contributed by atoms with Crippen LogP contribution in [0.25, 0.3) is 11.3 Å². The number of aromatic nitrogens is 2. The molecule has 1 heterocycles. The monoisotopic (exact) mass is 425 g/mol. The number of hydrogen-bond acceptors (Lipinski definition) is 4. The SMILES string of the molecule is COc1ccc(Cl)cc1-c1cc(CNC(=O)c2ccccc2OC(F)(F)F)n[nH]1. The zero-order valence-corrected chi connectivity index (χ0v) is 15.8. The summed E-state index contributed by atoms with van der Waals surface area (Å²) in [5.74, 6) is -0.731. The van der Waals surface area contributed by atoms with Crippen LogP contribution in [-0.2, 0) is 6.54 Å². The van der Waals surface area contributed by atoms with Gasteiger partial charge in [-0.1, -0.05) is 23.7 Å². The Morgan fingerprint density at radius 3 is 2.66 bits per heavy atom. The van der Waals surface area contributed by atoms with Crippen LogP contribution in [0, 0.1) is 0 Å². The smallest absolute Gasteiger partial charge is 0.496 e. The number of aromatic amines is 1. The number of ether oxygens (including phenoxy) is 2. The van der Waals surface area contributed by atoms with E-state index in [1.54, 1.807) is 24.3 Å². The number of benzene rings is 2. The molecular weight excluding hydrogens is 411 g/mol. The van der Waals surface area contributed by atoms with E-state index in [1.165, 1.54) is 25.3 Å². The highest BCUT2D eigenvalue weighted by atomic mass is 35.5. The fraction of sp³-hybridized carbons (Fsp3) is 0.158. The molecule has 0 unspecified atom stereocenters. The van der Waals surface area contributed by atoms with Crippen LogP contribution in [-0.4, -0.2) is 29.6 Å². The van der Waals surface area contributed by atoms with Gasteiger partial charge < -0.3 is 14.8 Å². The van der Waals surface area contributed by atoms with Crippen molar-refractivity contribution in [2.75, 3.05) is 7.11 Å². The number of carbonyl (C=O) groups excluding carboxylic acids is 1. The van der Waals surface area contributed by atoms with E-state index >= 15 is 0 Å². The molecule has 3 aromatic rings. The molecule has 0 fully saturated rings.